The zero-order chi connectivity index (χ0) is 14.2. The molecule has 0 aromatic heterocycles. The molecule has 0 unspecified atom stereocenters. The summed E-state index contributed by atoms with van der Waals surface area (Å²) in [6.45, 7) is 4.67. The molecule has 0 aliphatic carbocycles. The van der Waals surface area contributed by atoms with Crippen LogP contribution in [0.4, 0.5) is 5.69 Å². The largest absolute Gasteiger partial charge is 0.478 e. The van der Waals surface area contributed by atoms with Crippen LogP contribution in [0.25, 0.3) is 0 Å². The molecule has 0 saturated carbocycles. The van der Waals surface area contributed by atoms with Gasteiger partial charge in [-0.15, -0.1) is 0 Å². The van der Waals surface area contributed by atoms with Crippen LogP contribution in [0.3, 0.4) is 0 Å². The molecule has 1 fully saturated rings. The Morgan fingerprint density at radius 1 is 1.47 bits per heavy atom. The highest BCUT2D eigenvalue weighted by molar-refractivity contribution is 9.10. The van der Waals surface area contributed by atoms with Gasteiger partial charge in [-0.3, -0.25) is 4.79 Å². The molecule has 1 saturated heterocycles. The number of nitrogens with zero attached hydrogens (tertiary/aromatic N) is 1. The summed E-state index contributed by atoms with van der Waals surface area (Å²) in [5.41, 5.74) is -0.0105. The van der Waals surface area contributed by atoms with Crippen molar-refractivity contribution >= 4 is 33.5 Å². The third kappa shape index (κ3) is 2.45. The van der Waals surface area contributed by atoms with E-state index < -0.39 is 11.5 Å². The summed E-state index contributed by atoms with van der Waals surface area (Å²) in [5.74, 6) is -1.10. The fourth-order valence-electron chi connectivity index (χ4n) is 2.24. The average molecular weight is 327 g/mol. The molecule has 1 aliphatic heterocycles. The summed E-state index contributed by atoms with van der Waals surface area (Å²) < 4.78 is 0.702. The van der Waals surface area contributed by atoms with E-state index in [2.05, 4.69) is 21.2 Å². The molecule has 0 radical (unpaired) electrons. The fourth-order valence-corrected chi connectivity index (χ4v) is 2.60. The van der Waals surface area contributed by atoms with Crippen molar-refractivity contribution in [2.45, 2.75) is 19.4 Å². The number of aromatic carboxylic acids is 1. The maximum absolute atomic E-state index is 11.9. The van der Waals surface area contributed by atoms with Crippen molar-refractivity contribution in [3.63, 3.8) is 0 Å². The second-order valence-electron chi connectivity index (χ2n) is 4.93. The maximum atomic E-state index is 11.9. The van der Waals surface area contributed by atoms with Gasteiger partial charge >= 0.3 is 5.97 Å². The molecule has 1 amide bonds. The summed E-state index contributed by atoms with van der Waals surface area (Å²) >= 11 is 3.27. The highest BCUT2D eigenvalue weighted by Crippen LogP contribution is 2.31. The summed E-state index contributed by atoms with van der Waals surface area (Å²) in [5, 5.41) is 12.1. The number of rotatable bonds is 2. The number of nitrogens with one attached hydrogen (secondary N) is 1. The average Bonchev–Trinajstić information content (AvgIpc) is 2.33. The molecule has 1 heterocycles. The van der Waals surface area contributed by atoms with Gasteiger partial charge in [0, 0.05) is 17.6 Å². The number of hydrogen-bond donors (Lipinski definition) is 2. The Bertz CT molecular complexity index is 543. The van der Waals surface area contributed by atoms with Crippen LogP contribution >= 0.6 is 15.9 Å². The van der Waals surface area contributed by atoms with Crippen LogP contribution in [0.2, 0.25) is 0 Å². The molecule has 6 heteroatoms. The topological polar surface area (TPSA) is 69.6 Å². The van der Waals surface area contributed by atoms with Gasteiger partial charge in [0.1, 0.15) is 5.54 Å². The molecule has 1 aromatic carbocycles. The Labute approximate surface area is 119 Å². The fraction of sp³-hybridized carbons (Fsp3) is 0.385. The number of hydrogen-bond acceptors (Lipinski definition) is 3. The lowest BCUT2D eigenvalue weighted by Gasteiger charge is -2.43. The number of piperazine rings is 1. The summed E-state index contributed by atoms with van der Waals surface area (Å²) in [4.78, 5) is 25.1. The minimum atomic E-state index is -1.00. The zero-order valence-corrected chi connectivity index (χ0v) is 12.3. The van der Waals surface area contributed by atoms with E-state index in [1.54, 1.807) is 32.0 Å². The van der Waals surface area contributed by atoms with Crippen LogP contribution in [-0.2, 0) is 4.79 Å². The van der Waals surface area contributed by atoms with E-state index >= 15 is 0 Å². The van der Waals surface area contributed by atoms with E-state index in [1.165, 1.54) is 0 Å². The molecule has 1 aliphatic rings. The van der Waals surface area contributed by atoms with Gasteiger partial charge in [-0.2, -0.15) is 0 Å². The summed E-state index contributed by atoms with van der Waals surface area (Å²) in [6.07, 6.45) is 0. The second-order valence-corrected chi connectivity index (χ2v) is 5.85. The van der Waals surface area contributed by atoms with E-state index in [0.717, 1.165) is 0 Å². The zero-order valence-electron chi connectivity index (χ0n) is 10.7. The number of carboxylic acid groups (broad SMARTS) is 1. The molecule has 0 spiro atoms. The highest BCUT2D eigenvalue weighted by Gasteiger charge is 2.39. The van der Waals surface area contributed by atoms with Gasteiger partial charge in [-0.25, -0.2) is 4.79 Å². The van der Waals surface area contributed by atoms with Crippen LogP contribution in [0.5, 0.6) is 0 Å². The summed E-state index contributed by atoms with van der Waals surface area (Å²) in [6, 6.07) is 5.07. The first-order valence-corrected chi connectivity index (χ1v) is 6.72. The van der Waals surface area contributed by atoms with Gasteiger partial charge in [-0.05, 0) is 32.0 Å². The predicted octanol–water partition coefficient (Wildman–Crippen LogP) is 1.86. The van der Waals surface area contributed by atoms with Crippen LogP contribution in [0.15, 0.2) is 22.7 Å². The Hall–Kier alpha value is -1.56. The van der Waals surface area contributed by atoms with Gasteiger partial charge in [-0.1, -0.05) is 15.9 Å². The molecule has 2 N–H and O–H groups in total. The van der Waals surface area contributed by atoms with E-state index in [0.29, 0.717) is 23.2 Å². The first-order valence-electron chi connectivity index (χ1n) is 5.93. The minimum Gasteiger partial charge on any atom is -0.478 e. The van der Waals surface area contributed by atoms with E-state index in [1.807, 2.05) is 4.90 Å². The van der Waals surface area contributed by atoms with Crippen LogP contribution in [0, 0.1) is 0 Å². The Balaban J connectivity index is 2.52. The number of benzene rings is 1. The molecule has 19 heavy (non-hydrogen) atoms. The van der Waals surface area contributed by atoms with Gasteiger partial charge < -0.3 is 15.3 Å². The van der Waals surface area contributed by atoms with Gasteiger partial charge in [0.15, 0.2) is 0 Å². The normalized spacial score (nSPS) is 18.1. The van der Waals surface area contributed by atoms with Gasteiger partial charge in [0.25, 0.3) is 0 Å². The highest BCUT2D eigenvalue weighted by atomic mass is 79.9. The Morgan fingerprint density at radius 3 is 2.79 bits per heavy atom. The first kappa shape index (κ1) is 13.9. The Morgan fingerprint density at radius 2 is 2.16 bits per heavy atom. The van der Waals surface area contributed by atoms with Crippen molar-refractivity contribution in [1.29, 1.82) is 0 Å². The van der Waals surface area contributed by atoms with Crippen LogP contribution in [0.1, 0.15) is 24.2 Å². The van der Waals surface area contributed by atoms with Crippen molar-refractivity contribution in [1.82, 2.24) is 5.32 Å². The van der Waals surface area contributed by atoms with Gasteiger partial charge in [0.05, 0.1) is 11.3 Å². The van der Waals surface area contributed by atoms with Crippen LogP contribution in [-0.4, -0.2) is 35.6 Å². The van der Waals surface area contributed by atoms with Crippen molar-refractivity contribution < 1.29 is 14.7 Å². The second kappa shape index (κ2) is 4.85. The third-order valence-electron chi connectivity index (χ3n) is 3.33. The number of carbonyl (C=O) groups excluding carboxylic acids is 1. The van der Waals surface area contributed by atoms with Crippen molar-refractivity contribution in [3.05, 3.63) is 28.2 Å². The quantitative estimate of drug-likeness (QED) is 0.870. The lowest BCUT2D eigenvalue weighted by Crippen LogP contribution is -2.62. The van der Waals surface area contributed by atoms with E-state index in [4.69, 9.17) is 0 Å². The standard InChI is InChI=1S/C13H15BrN2O3/c1-13(2)12(19)15-5-6-16(13)10-4-3-8(14)7-9(10)11(17)18/h3-4,7H,5-6H2,1-2H3,(H,15,19)(H,17,18). The smallest absolute Gasteiger partial charge is 0.337 e. The molecule has 2 rings (SSSR count). The number of halogens is 1. The SMILES string of the molecule is CC1(C)C(=O)NCCN1c1ccc(Br)cc1C(=O)O. The molecule has 0 atom stereocenters. The van der Waals surface area contributed by atoms with Crippen LogP contribution < -0.4 is 10.2 Å². The van der Waals surface area contributed by atoms with Crippen molar-refractivity contribution in [2.75, 3.05) is 18.0 Å². The maximum Gasteiger partial charge on any atom is 0.337 e. The molecule has 0 bridgehead atoms. The van der Waals surface area contributed by atoms with E-state index in [-0.39, 0.29) is 11.5 Å². The van der Waals surface area contributed by atoms with Crippen molar-refractivity contribution in [2.24, 2.45) is 0 Å². The van der Waals surface area contributed by atoms with E-state index in [9.17, 15) is 14.7 Å². The number of anilines is 1. The minimum absolute atomic E-state index is 0.0991. The third-order valence-corrected chi connectivity index (χ3v) is 3.82. The Kier molecular flexibility index (Phi) is 3.54. The molecule has 102 valence electrons. The number of carboxylic acids is 1. The first-order chi connectivity index (χ1) is 8.84. The lowest BCUT2D eigenvalue weighted by atomic mass is 9.96. The molecule has 5 nitrogen and oxygen atoms in total. The van der Waals surface area contributed by atoms with Crippen molar-refractivity contribution in [3.8, 4) is 0 Å². The number of carbonyl (C=O) groups is 2. The van der Waals surface area contributed by atoms with Gasteiger partial charge in [0.2, 0.25) is 5.91 Å². The molecular weight excluding hydrogens is 312 g/mol. The monoisotopic (exact) mass is 326 g/mol. The lowest BCUT2D eigenvalue weighted by molar-refractivity contribution is -0.126. The summed E-state index contributed by atoms with van der Waals surface area (Å²) in [7, 11) is 0. The molecule has 1 aromatic rings. The predicted molar refractivity (Wildman–Crippen MR) is 75.5 cm³/mol. The number of amides is 1. The molecular formula is C13H15BrN2O3.